The molecule has 0 N–H and O–H groups in total. The van der Waals surface area contributed by atoms with Crippen LogP contribution in [-0.4, -0.2) is 10.4 Å². The lowest BCUT2D eigenvalue weighted by Crippen LogP contribution is -2.36. The summed E-state index contributed by atoms with van der Waals surface area (Å²) in [5.41, 5.74) is 3.65. The van der Waals surface area contributed by atoms with Crippen molar-refractivity contribution < 1.29 is 0 Å². The highest BCUT2D eigenvalue weighted by atomic mass is 15.2. The van der Waals surface area contributed by atoms with Gasteiger partial charge in [-0.05, 0) is 32.4 Å². The summed E-state index contributed by atoms with van der Waals surface area (Å²) in [6.45, 7) is 10.8. The lowest BCUT2D eigenvalue weighted by molar-refractivity contribution is 0.297. The standard InChI is InChI=1S/C14H17N/c1-11-13-8-6-5-7-12(13)9-10-15(11)14(2,3)4/h5-10H,1H2,2-4H3. The van der Waals surface area contributed by atoms with E-state index in [1.54, 1.807) is 0 Å². The molecule has 1 aromatic carbocycles. The number of hydrogen-bond acceptors (Lipinski definition) is 1. The molecule has 1 heterocycles. The van der Waals surface area contributed by atoms with Crippen molar-refractivity contribution in [3.63, 3.8) is 0 Å². The van der Waals surface area contributed by atoms with Crippen molar-refractivity contribution >= 4 is 11.8 Å². The molecule has 0 atom stereocenters. The van der Waals surface area contributed by atoms with Gasteiger partial charge in [0, 0.05) is 23.0 Å². The minimum atomic E-state index is 0.0844. The van der Waals surface area contributed by atoms with Crippen LogP contribution in [0.3, 0.4) is 0 Å². The van der Waals surface area contributed by atoms with E-state index >= 15 is 0 Å². The molecule has 0 unspecified atom stereocenters. The zero-order valence-corrected chi connectivity index (χ0v) is 9.62. The molecule has 78 valence electrons. The smallest absolute Gasteiger partial charge is 0.0417 e. The van der Waals surface area contributed by atoms with Gasteiger partial charge in [-0.25, -0.2) is 0 Å². The van der Waals surface area contributed by atoms with Gasteiger partial charge in [0.15, 0.2) is 0 Å². The van der Waals surface area contributed by atoms with E-state index in [2.05, 4.69) is 68.8 Å². The molecule has 0 aromatic heterocycles. The average molecular weight is 199 g/mol. The second-order valence-electron chi connectivity index (χ2n) is 4.89. The predicted octanol–water partition coefficient (Wildman–Crippen LogP) is 3.74. The Balaban J connectivity index is 2.46. The highest BCUT2D eigenvalue weighted by Crippen LogP contribution is 2.32. The lowest BCUT2D eigenvalue weighted by atomic mass is 9.96. The van der Waals surface area contributed by atoms with Gasteiger partial charge in [0.1, 0.15) is 0 Å². The summed E-state index contributed by atoms with van der Waals surface area (Å²) in [6, 6.07) is 8.37. The summed E-state index contributed by atoms with van der Waals surface area (Å²) >= 11 is 0. The Morgan fingerprint density at radius 1 is 1.13 bits per heavy atom. The van der Waals surface area contributed by atoms with E-state index < -0.39 is 0 Å². The van der Waals surface area contributed by atoms with E-state index in [1.165, 1.54) is 11.1 Å². The third kappa shape index (κ3) is 1.70. The summed E-state index contributed by atoms with van der Waals surface area (Å²) in [5.74, 6) is 0. The van der Waals surface area contributed by atoms with E-state index in [0.717, 1.165) is 5.70 Å². The normalized spacial score (nSPS) is 15.4. The van der Waals surface area contributed by atoms with Crippen molar-refractivity contribution in [2.24, 2.45) is 0 Å². The lowest BCUT2D eigenvalue weighted by Gasteiger charge is -2.38. The maximum absolute atomic E-state index is 4.18. The molecule has 0 aliphatic carbocycles. The first-order valence-electron chi connectivity index (χ1n) is 5.26. The van der Waals surface area contributed by atoms with Crippen molar-refractivity contribution in [1.82, 2.24) is 4.90 Å². The highest BCUT2D eigenvalue weighted by Gasteiger charge is 2.24. The van der Waals surface area contributed by atoms with Crippen LogP contribution in [0.5, 0.6) is 0 Å². The van der Waals surface area contributed by atoms with Crippen LogP contribution in [0.15, 0.2) is 37.0 Å². The Bertz CT molecular complexity index is 421. The van der Waals surface area contributed by atoms with Crippen molar-refractivity contribution in [2.75, 3.05) is 0 Å². The molecule has 0 spiro atoms. The summed E-state index contributed by atoms with van der Waals surface area (Å²) in [4.78, 5) is 2.22. The van der Waals surface area contributed by atoms with Crippen molar-refractivity contribution in [3.8, 4) is 0 Å². The Morgan fingerprint density at radius 2 is 1.80 bits per heavy atom. The molecule has 0 fully saturated rings. The first kappa shape index (κ1) is 10.0. The Morgan fingerprint density at radius 3 is 2.47 bits per heavy atom. The second kappa shape index (κ2) is 3.27. The van der Waals surface area contributed by atoms with E-state index in [-0.39, 0.29) is 5.54 Å². The quantitative estimate of drug-likeness (QED) is 0.615. The van der Waals surface area contributed by atoms with E-state index in [9.17, 15) is 0 Å². The van der Waals surface area contributed by atoms with E-state index in [4.69, 9.17) is 0 Å². The van der Waals surface area contributed by atoms with Crippen LogP contribution in [0.25, 0.3) is 11.8 Å². The molecule has 0 saturated heterocycles. The molecular formula is C14H17N. The molecule has 1 nitrogen and oxygen atoms in total. The topological polar surface area (TPSA) is 3.24 Å². The number of fused-ring (bicyclic) bond motifs is 1. The fourth-order valence-electron chi connectivity index (χ4n) is 1.91. The van der Waals surface area contributed by atoms with Gasteiger partial charge in [-0.15, -0.1) is 0 Å². The molecular weight excluding hydrogens is 182 g/mol. The zero-order chi connectivity index (χ0) is 11.1. The second-order valence-corrected chi connectivity index (χ2v) is 4.89. The molecule has 1 aliphatic rings. The van der Waals surface area contributed by atoms with Crippen molar-refractivity contribution in [3.05, 3.63) is 48.2 Å². The summed E-state index contributed by atoms with van der Waals surface area (Å²) < 4.78 is 0. The third-order valence-electron chi connectivity index (χ3n) is 2.69. The van der Waals surface area contributed by atoms with Crippen molar-refractivity contribution in [1.29, 1.82) is 0 Å². The van der Waals surface area contributed by atoms with Gasteiger partial charge in [0.2, 0.25) is 0 Å². The van der Waals surface area contributed by atoms with Crippen LogP contribution in [0.1, 0.15) is 31.9 Å². The third-order valence-corrected chi connectivity index (χ3v) is 2.69. The highest BCUT2D eigenvalue weighted by molar-refractivity contribution is 5.76. The van der Waals surface area contributed by atoms with Crippen LogP contribution in [0.4, 0.5) is 0 Å². The number of hydrogen-bond donors (Lipinski definition) is 0. The summed E-state index contributed by atoms with van der Waals surface area (Å²) in [5, 5.41) is 0. The Kier molecular flexibility index (Phi) is 2.18. The van der Waals surface area contributed by atoms with Gasteiger partial charge in [0.05, 0.1) is 0 Å². The average Bonchev–Trinajstić information content (AvgIpc) is 2.16. The zero-order valence-electron chi connectivity index (χ0n) is 9.62. The van der Waals surface area contributed by atoms with Crippen LogP contribution in [0, 0.1) is 0 Å². The maximum atomic E-state index is 4.18. The monoisotopic (exact) mass is 199 g/mol. The molecule has 1 aromatic rings. The van der Waals surface area contributed by atoms with Gasteiger partial charge in [-0.1, -0.05) is 30.8 Å². The first-order valence-corrected chi connectivity index (χ1v) is 5.26. The van der Waals surface area contributed by atoms with Crippen LogP contribution in [-0.2, 0) is 0 Å². The molecule has 0 amide bonds. The minimum absolute atomic E-state index is 0.0844. The van der Waals surface area contributed by atoms with Gasteiger partial charge in [-0.3, -0.25) is 0 Å². The van der Waals surface area contributed by atoms with Crippen LogP contribution >= 0.6 is 0 Å². The van der Waals surface area contributed by atoms with E-state index in [1.807, 2.05) is 0 Å². The maximum Gasteiger partial charge on any atom is 0.0417 e. The number of nitrogens with zero attached hydrogens (tertiary/aromatic N) is 1. The van der Waals surface area contributed by atoms with Gasteiger partial charge in [0.25, 0.3) is 0 Å². The summed E-state index contributed by atoms with van der Waals surface area (Å²) in [7, 11) is 0. The van der Waals surface area contributed by atoms with Crippen LogP contribution in [0.2, 0.25) is 0 Å². The van der Waals surface area contributed by atoms with Crippen LogP contribution < -0.4 is 0 Å². The SMILES string of the molecule is C=C1c2ccccc2C=CN1C(C)(C)C. The molecule has 0 bridgehead atoms. The molecule has 1 heteroatoms. The molecule has 15 heavy (non-hydrogen) atoms. The van der Waals surface area contributed by atoms with Gasteiger partial charge < -0.3 is 4.90 Å². The predicted molar refractivity (Wildman–Crippen MR) is 66.1 cm³/mol. The minimum Gasteiger partial charge on any atom is -0.343 e. The Hall–Kier alpha value is -1.50. The molecule has 1 aliphatic heterocycles. The molecule has 0 radical (unpaired) electrons. The molecule has 2 rings (SSSR count). The van der Waals surface area contributed by atoms with E-state index in [0.29, 0.717) is 0 Å². The molecule has 0 saturated carbocycles. The number of rotatable bonds is 0. The fraction of sp³-hybridized carbons (Fsp3) is 0.286. The number of benzene rings is 1. The Labute approximate surface area is 91.7 Å². The summed E-state index contributed by atoms with van der Waals surface area (Å²) in [6.07, 6.45) is 4.26. The largest absolute Gasteiger partial charge is 0.343 e. The fourth-order valence-corrected chi connectivity index (χ4v) is 1.91. The van der Waals surface area contributed by atoms with Crippen molar-refractivity contribution in [2.45, 2.75) is 26.3 Å². The van der Waals surface area contributed by atoms with Gasteiger partial charge in [-0.2, -0.15) is 0 Å². The van der Waals surface area contributed by atoms with Gasteiger partial charge >= 0.3 is 0 Å². The first-order chi connectivity index (χ1) is 7.00.